The molecule has 0 amide bonds. The second-order valence-corrected chi connectivity index (χ2v) is 5.17. The van der Waals surface area contributed by atoms with Crippen LogP contribution in [0.3, 0.4) is 0 Å². The summed E-state index contributed by atoms with van der Waals surface area (Å²) in [6, 6.07) is 2.98. The highest BCUT2D eigenvalue weighted by molar-refractivity contribution is 6.38. The lowest BCUT2D eigenvalue weighted by molar-refractivity contribution is -0.0524. The van der Waals surface area contributed by atoms with E-state index in [4.69, 9.17) is 32.7 Å². The van der Waals surface area contributed by atoms with E-state index in [1.807, 2.05) is 0 Å². The lowest BCUT2D eigenvalue weighted by Crippen LogP contribution is -2.34. The third-order valence-corrected chi connectivity index (χ3v) is 3.56. The summed E-state index contributed by atoms with van der Waals surface area (Å²) in [4.78, 5) is 26.1. The van der Waals surface area contributed by atoms with Crippen molar-refractivity contribution in [3.63, 3.8) is 0 Å². The van der Waals surface area contributed by atoms with Gasteiger partial charge in [0.05, 0.1) is 35.7 Å². The van der Waals surface area contributed by atoms with Crippen LogP contribution in [0.15, 0.2) is 21.7 Å². The third-order valence-electron chi connectivity index (χ3n) is 3.04. The van der Waals surface area contributed by atoms with Crippen molar-refractivity contribution in [2.45, 2.75) is 12.8 Å². The van der Waals surface area contributed by atoms with Crippen LogP contribution in [0.4, 0.5) is 0 Å². The summed E-state index contributed by atoms with van der Waals surface area (Å²) < 4.78 is 12.0. The molecular formula is C12H10Cl2N2O4. The molecule has 1 aliphatic rings. The van der Waals surface area contributed by atoms with E-state index in [-0.39, 0.29) is 17.0 Å². The summed E-state index contributed by atoms with van der Waals surface area (Å²) in [7, 11) is 0. The fourth-order valence-corrected chi connectivity index (χ4v) is 2.75. The average Bonchev–Trinajstić information content (AvgIpc) is 2.85. The molecule has 0 spiro atoms. The second-order valence-electron chi connectivity index (χ2n) is 4.32. The molecule has 1 aliphatic heterocycles. The van der Waals surface area contributed by atoms with E-state index in [1.165, 1.54) is 16.7 Å². The maximum Gasteiger partial charge on any atom is 0.328 e. The van der Waals surface area contributed by atoms with E-state index in [2.05, 4.69) is 4.98 Å². The first-order valence-corrected chi connectivity index (χ1v) is 6.67. The molecular weight excluding hydrogens is 307 g/mol. The highest BCUT2D eigenvalue weighted by Crippen LogP contribution is 2.24. The minimum absolute atomic E-state index is 0.156. The van der Waals surface area contributed by atoms with Crippen molar-refractivity contribution in [3.05, 3.63) is 43.0 Å². The first-order chi connectivity index (χ1) is 9.56. The van der Waals surface area contributed by atoms with Crippen LogP contribution in [0, 0.1) is 0 Å². The molecule has 2 aromatic rings. The number of benzene rings is 1. The zero-order chi connectivity index (χ0) is 14.3. The molecule has 2 heterocycles. The summed E-state index contributed by atoms with van der Waals surface area (Å²) in [5, 5.41) is 0.749. The van der Waals surface area contributed by atoms with Gasteiger partial charge < -0.3 is 9.47 Å². The van der Waals surface area contributed by atoms with E-state index in [0.29, 0.717) is 23.8 Å². The first kappa shape index (κ1) is 13.6. The lowest BCUT2D eigenvalue weighted by Gasteiger charge is -2.14. The normalized spacial score (nSPS) is 16.1. The molecule has 0 saturated carbocycles. The maximum absolute atomic E-state index is 12.0. The summed E-state index contributed by atoms with van der Waals surface area (Å²) >= 11 is 12.0. The summed E-state index contributed by atoms with van der Waals surface area (Å²) in [5.41, 5.74) is -0.744. The van der Waals surface area contributed by atoms with Gasteiger partial charge in [0, 0.05) is 5.02 Å². The van der Waals surface area contributed by atoms with Crippen LogP contribution in [-0.2, 0) is 16.0 Å². The van der Waals surface area contributed by atoms with E-state index in [0.717, 1.165) is 0 Å². The van der Waals surface area contributed by atoms with Crippen LogP contribution in [0.2, 0.25) is 10.0 Å². The Morgan fingerprint density at radius 2 is 1.95 bits per heavy atom. The SMILES string of the molecule is O=c1[nH]c(=O)n(CC2OCCO2)c2cc(Cl)cc(Cl)c12. The lowest BCUT2D eigenvalue weighted by atomic mass is 10.2. The van der Waals surface area contributed by atoms with Gasteiger partial charge in [-0.3, -0.25) is 14.3 Å². The number of halogens is 2. The van der Waals surface area contributed by atoms with E-state index < -0.39 is 17.5 Å². The van der Waals surface area contributed by atoms with E-state index in [1.54, 1.807) is 0 Å². The molecule has 0 unspecified atom stereocenters. The highest BCUT2D eigenvalue weighted by atomic mass is 35.5. The van der Waals surface area contributed by atoms with Gasteiger partial charge >= 0.3 is 5.69 Å². The van der Waals surface area contributed by atoms with Crippen LogP contribution in [-0.4, -0.2) is 29.1 Å². The number of H-pyrrole nitrogens is 1. The molecule has 1 N–H and O–H groups in total. The Kier molecular flexibility index (Phi) is 3.55. The maximum atomic E-state index is 12.0. The van der Waals surface area contributed by atoms with E-state index in [9.17, 15) is 9.59 Å². The average molecular weight is 317 g/mol. The van der Waals surface area contributed by atoms with Crippen molar-refractivity contribution in [3.8, 4) is 0 Å². The number of fused-ring (bicyclic) bond motifs is 1. The van der Waals surface area contributed by atoms with Gasteiger partial charge in [0.15, 0.2) is 6.29 Å². The molecule has 0 bridgehead atoms. The Labute approximate surface area is 122 Å². The molecule has 20 heavy (non-hydrogen) atoms. The summed E-state index contributed by atoms with van der Waals surface area (Å²) in [6.07, 6.45) is -0.528. The number of hydrogen-bond donors (Lipinski definition) is 1. The first-order valence-electron chi connectivity index (χ1n) is 5.91. The third kappa shape index (κ3) is 2.35. The Balaban J connectivity index is 2.24. The predicted molar refractivity (Wildman–Crippen MR) is 74.5 cm³/mol. The van der Waals surface area contributed by atoms with Crippen molar-refractivity contribution in [1.82, 2.24) is 9.55 Å². The Morgan fingerprint density at radius 3 is 2.65 bits per heavy atom. The highest BCUT2D eigenvalue weighted by Gasteiger charge is 2.20. The fraction of sp³-hybridized carbons (Fsp3) is 0.333. The number of ether oxygens (including phenoxy) is 2. The van der Waals surface area contributed by atoms with Crippen molar-refractivity contribution < 1.29 is 9.47 Å². The second kappa shape index (κ2) is 5.21. The standard InChI is InChI=1S/C12H10Cl2N2O4/c13-6-3-7(14)10-8(4-6)16(12(18)15-11(10)17)5-9-19-1-2-20-9/h3-4,9H,1-2,5H2,(H,15,17,18). The van der Waals surface area contributed by atoms with Gasteiger partial charge in [-0.15, -0.1) is 0 Å². The number of rotatable bonds is 2. The number of nitrogens with one attached hydrogen (secondary N) is 1. The molecule has 3 rings (SSSR count). The minimum atomic E-state index is -0.556. The minimum Gasteiger partial charge on any atom is -0.348 e. The van der Waals surface area contributed by atoms with Gasteiger partial charge in [-0.25, -0.2) is 4.79 Å². The zero-order valence-electron chi connectivity index (χ0n) is 10.2. The van der Waals surface area contributed by atoms with Crippen molar-refractivity contribution >= 4 is 34.1 Å². The van der Waals surface area contributed by atoms with E-state index >= 15 is 0 Å². The van der Waals surface area contributed by atoms with Gasteiger partial charge in [-0.2, -0.15) is 0 Å². The topological polar surface area (TPSA) is 73.3 Å². The Morgan fingerprint density at radius 1 is 1.25 bits per heavy atom. The van der Waals surface area contributed by atoms with Crippen LogP contribution in [0.25, 0.3) is 10.9 Å². The van der Waals surface area contributed by atoms with Crippen LogP contribution in [0.1, 0.15) is 0 Å². The van der Waals surface area contributed by atoms with Crippen molar-refractivity contribution in [1.29, 1.82) is 0 Å². The molecule has 1 fully saturated rings. The number of nitrogens with zero attached hydrogens (tertiary/aromatic N) is 1. The molecule has 0 atom stereocenters. The Hall–Kier alpha value is -1.34. The molecule has 0 aliphatic carbocycles. The summed E-state index contributed by atoms with van der Waals surface area (Å²) in [6.45, 7) is 1.10. The fourth-order valence-electron chi connectivity index (χ4n) is 2.18. The van der Waals surface area contributed by atoms with Crippen molar-refractivity contribution in [2.75, 3.05) is 13.2 Å². The van der Waals surface area contributed by atoms with Crippen LogP contribution >= 0.6 is 23.2 Å². The zero-order valence-corrected chi connectivity index (χ0v) is 11.7. The molecule has 106 valence electrons. The van der Waals surface area contributed by atoms with Crippen molar-refractivity contribution in [2.24, 2.45) is 0 Å². The summed E-state index contributed by atoms with van der Waals surface area (Å²) in [5.74, 6) is 0. The van der Waals surface area contributed by atoms with Gasteiger partial charge in [-0.1, -0.05) is 23.2 Å². The van der Waals surface area contributed by atoms with Gasteiger partial charge in [0.25, 0.3) is 5.56 Å². The number of aromatic nitrogens is 2. The number of aromatic amines is 1. The quantitative estimate of drug-likeness (QED) is 0.908. The van der Waals surface area contributed by atoms with Crippen LogP contribution in [0.5, 0.6) is 0 Å². The predicted octanol–water partition coefficient (Wildman–Crippen LogP) is 1.37. The molecule has 8 heteroatoms. The molecule has 6 nitrogen and oxygen atoms in total. The smallest absolute Gasteiger partial charge is 0.328 e. The van der Waals surface area contributed by atoms with Gasteiger partial charge in [-0.05, 0) is 12.1 Å². The Bertz CT molecular complexity index is 777. The molecule has 0 radical (unpaired) electrons. The largest absolute Gasteiger partial charge is 0.348 e. The molecule has 1 aromatic heterocycles. The van der Waals surface area contributed by atoms with Crippen LogP contribution < -0.4 is 11.2 Å². The van der Waals surface area contributed by atoms with Gasteiger partial charge in [0.1, 0.15) is 0 Å². The monoisotopic (exact) mass is 316 g/mol. The number of hydrogen-bond acceptors (Lipinski definition) is 4. The molecule has 1 aromatic carbocycles. The van der Waals surface area contributed by atoms with Gasteiger partial charge in [0.2, 0.25) is 0 Å². The molecule has 1 saturated heterocycles.